The highest BCUT2D eigenvalue weighted by molar-refractivity contribution is 7.87. The van der Waals surface area contributed by atoms with Crippen molar-refractivity contribution in [3.8, 4) is 0 Å². The van der Waals surface area contributed by atoms with Gasteiger partial charge in [-0.1, -0.05) is 12.2 Å². The van der Waals surface area contributed by atoms with Gasteiger partial charge in [0.15, 0.2) is 11.0 Å². The van der Waals surface area contributed by atoms with Crippen LogP contribution in [-0.2, 0) is 14.9 Å². The van der Waals surface area contributed by atoms with Gasteiger partial charge in [-0.05, 0) is 0 Å². The van der Waals surface area contributed by atoms with Gasteiger partial charge in [0.1, 0.15) is 0 Å². The van der Waals surface area contributed by atoms with Crippen molar-refractivity contribution >= 4 is 15.9 Å². The van der Waals surface area contributed by atoms with Crippen LogP contribution >= 0.6 is 0 Å². The molecule has 0 aliphatic rings. The number of carbonyl (C=O) groups is 1. The van der Waals surface area contributed by atoms with E-state index in [-0.39, 0.29) is 6.42 Å². The summed E-state index contributed by atoms with van der Waals surface area (Å²) in [6, 6.07) is 0. The molecule has 12 heavy (non-hydrogen) atoms. The molecule has 5 heteroatoms. The Kier molecular flexibility index (Phi) is 3.85. The summed E-state index contributed by atoms with van der Waals surface area (Å²) < 4.78 is 29.5. The first-order chi connectivity index (χ1) is 5.43. The number of allylic oxidation sites excluding steroid dienone is 1. The van der Waals surface area contributed by atoms with Crippen molar-refractivity contribution in [3.63, 3.8) is 0 Å². The first-order valence-electron chi connectivity index (χ1n) is 3.16. The third kappa shape index (κ3) is 2.98. The Morgan fingerprint density at radius 2 is 2.00 bits per heavy atom. The maximum Gasteiger partial charge on any atom is 0.278 e. The molecule has 0 amide bonds. The van der Waals surface area contributed by atoms with E-state index in [9.17, 15) is 13.2 Å². The Morgan fingerprint density at radius 3 is 2.25 bits per heavy atom. The van der Waals surface area contributed by atoms with Crippen LogP contribution in [0, 0.1) is 0 Å². The third-order valence-corrected chi connectivity index (χ3v) is 2.29. The van der Waals surface area contributed by atoms with Gasteiger partial charge >= 0.3 is 0 Å². The summed E-state index contributed by atoms with van der Waals surface area (Å²) in [6.07, 6.45) is 2.06. The zero-order valence-electron chi connectivity index (χ0n) is 6.43. The SMILES string of the molecule is C=CCC(=O)C(C=C)S(=O)(=O)O. The molecule has 0 aromatic carbocycles. The maximum atomic E-state index is 10.9. The molecule has 68 valence electrons. The van der Waals surface area contributed by atoms with Crippen LogP contribution in [0.4, 0.5) is 0 Å². The lowest BCUT2D eigenvalue weighted by Gasteiger charge is -2.04. The number of hydrogen-bond acceptors (Lipinski definition) is 3. The Hall–Kier alpha value is -0.940. The Labute approximate surface area is 71.3 Å². The molecule has 0 bridgehead atoms. The first-order valence-corrected chi connectivity index (χ1v) is 4.66. The molecule has 0 radical (unpaired) electrons. The number of hydrogen-bond donors (Lipinski definition) is 1. The molecular formula is C7H10O4S. The summed E-state index contributed by atoms with van der Waals surface area (Å²) in [5, 5.41) is -1.53. The molecule has 0 fully saturated rings. The average Bonchev–Trinajstić information content (AvgIpc) is 1.85. The molecule has 1 atom stereocenters. The third-order valence-electron chi connectivity index (χ3n) is 1.20. The molecule has 0 rings (SSSR count). The molecule has 0 aromatic rings. The van der Waals surface area contributed by atoms with Crippen LogP contribution in [0.1, 0.15) is 6.42 Å². The van der Waals surface area contributed by atoms with E-state index in [4.69, 9.17) is 4.55 Å². The molecular weight excluding hydrogens is 180 g/mol. The predicted octanol–water partition coefficient (Wildman–Crippen LogP) is 0.574. The largest absolute Gasteiger partial charge is 0.297 e. The summed E-state index contributed by atoms with van der Waals surface area (Å²) in [4.78, 5) is 10.9. The second-order valence-electron chi connectivity index (χ2n) is 2.13. The number of ketones is 1. The van der Waals surface area contributed by atoms with Crippen molar-refractivity contribution in [2.24, 2.45) is 0 Å². The van der Waals surface area contributed by atoms with Crippen LogP contribution in [0.15, 0.2) is 25.3 Å². The maximum absolute atomic E-state index is 10.9. The van der Waals surface area contributed by atoms with Crippen LogP contribution in [-0.4, -0.2) is 24.0 Å². The van der Waals surface area contributed by atoms with E-state index in [1.54, 1.807) is 0 Å². The van der Waals surface area contributed by atoms with Gasteiger partial charge in [-0.15, -0.1) is 13.2 Å². The molecule has 0 aliphatic carbocycles. The van der Waals surface area contributed by atoms with Crippen LogP contribution in [0.3, 0.4) is 0 Å². The van der Waals surface area contributed by atoms with Crippen LogP contribution < -0.4 is 0 Å². The zero-order valence-corrected chi connectivity index (χ0v) is 7.25. The molecule has 1 unspecified atom stereocenters. The fourth-order valence-electron chi connectivity index (χ4n) is 0.678. The van der Waals surface area contributed by atoms with Gasteiger partial charge < -0.3 is 0 Å². The molecule has 0 spiro atoms. The summed E-state index contributed by atoms with van der Waals surface area (Å²) in [6.45, 7) is 6.40. The highest BCUT2D eigenvalue weighted by atomic mass is 32.2. The second kappa shape index (κ2) is 4.18. The van der Waals surface area contributed by atoms with E-state index < -0.39 is 21.2 Å². The van der Waals surface area contributed by atoms with E-state index in [0.717, 1.165) is 6.08 Å². The van der Waals surface area contributed by atoms with Crippen molar-refractivity contribution < 1.29 is 17.8 Å². The van der Waals surface area contributed by atoms with Crippen molar-refractivity contribution in [3.05, 3.63) is 25.3 Å². The minimum absolute atomic E-state index is 0.101. The van der Waals surface area contributed by atoms with Gasteiger partial charge in [0.05, 0.1) is 0 Å². The Balaban J connectivity index is 4.69. The lowest BCUT2D eigenvalue weighted by Crippen LogP contribution is -2.27. The monoisotopic (exact) mass is 190 g/mol. The fraction of sp³-hybridized carbons (Fsp3) is 0.286. The van der Waals surface area contributed by atoms with Gasteiger partial charge in [-0.25, -0.2) is 0 Å². The predicted molar refractivity (Wildman–Crippen MR) is 45.4 cm³/mol. The fourth-order valence-corrected chi connectivity index (χ4v) is 1.35. The summed E-state index contributed by atoms with van der Waals surface area (Å²) in [5.41, 5.74) is 0. The van der Waals surface area contributed by atoms with Gasteiger partial charge in [-0.3, -0.25) is 9.35 Å². The topological polar surface area (TPSA) is 71.4 Å². The van der Waals surface area contributed by atoms with Crippen LogP contribution in [0.5, 0.6) is 0 Å². The molecule has 0 aromatic heterocycles. The van der Waals surface area contributed by atoms with Crippen LogP contribution in [0.25, 0.3) is 0 Å². The molecule has 1 N–H and O–H groups in total. The van der Waals surface area contributed by atoms with Gasteiger partial charge in [0.25, 0.3) is 10.1 Å². The number of carbonyl (C=O) groups excluding carboxylic acids is 1. The van der Waals surface area contributed by atoms with E-state index >= 15 is 0 Å². The first kappa shape index (κ1) is 11.1. The quantitative estimate of drug-likeness (QED) is 0.508. The van der Waals surface area contributed by atoms with E-state index in [2.05, 4.69) is 13.2 Å². The minimum atomic E-state index is -4.35. The number of rotatable bonds is 5. The van der Waals surface area contributed by atoms with Crippen molar-refractivity contribution in [1.82, 2.24) is 0 Å². The van der Waals surface area contributed by atoms with Crippen molar-refractivity contribution in [2.45, 2.75) is 11.7 Å². The summed E-state index contributed by atoms with van der Waals surface area (Å²) in [7, 11) is -4.35. The highest BCUT2D eigenvalue weighted by Gasteiger charge is 2.25. The molecule has 0 saturated heterocycles. The second-order valence-corrected chi connectivity index (χ2v) is 3.67. The van der Waals surface area contributed by atoms with E-state index in [1.807, 2.05) is 0 Å². The van der Waals surface area contributed by atoms with Crippen molar-refractivity contribution in [1.29, 1.82) is 0 Å². The zero-order chi connectivity index (χ0) is 9.78. The standard InChI is InChI=1S/C7H10O4S/c1-3-5-6(8)7(4-2)12(9,10)11/h3-4,7H,1-2,5H2,(H,9,10,11). The molecule has 0 aliphatic heterocycles. The lowest BCUT2D eigenvalue weighted by atomic mass is 10.2. The van der Waals surface area contributed by atoms with Gasteiger partial charge in [0, 0.05) is 6.42 Å². The van der Waals surface area contributed by atoms with E-state index in [1.165, 1.54) is 6.08 Å². The van der Waals surface area contributed by atoms with Crippen molar-refractivity contribution in [2.75, 3.05) is 0 Å². The normalized spacial score (nSPS) is 13.4. The van der Waals surface area contributed by atoms with Gasteiger partial charge in [-0.2, -0.15) is 8.42 Å². The highest BCUT2D eigenvalue weighted by Crippen LogP contribution is 2.04. The van der Waals surface area contributed by atoms with Crippen LogP contribution in [0.2, 0.25) is 0 Å². The average molecular weight is 190 g/mol. The summed E-state index contributed by atoms with van der Waals surface area (Å²) in [5.74, 6) is -0.637. The Bertz CT molecular complexity index is 289. The lowest BCUT2D eigenvalue weighted by molar-refractivity contribution is -0.117. The molecule has 4 nitrogen and oxygen atoms in total. The van der Waals surface area contributed by atoms with E-state index in [0.29, 0.717) is 0 Å². The minimum Gasteiger partial charge on any atom is -0.297 e. The smallest absolute Gasteiger partial charge is 0.278 e. The van der Waals surface area contributed by atoms with Gasteiger partial charge in [0.2, 0.25) is 0 Å². The summed E-state index contributed by atoms with van der Waals surface area (Å²) >= 11 is 0. The number of Topliss-reactive ketones (excluding diaryl/α,β-unsaturated/α-hetero) is 1. The Morgan fingerprint density at radius 1 is 1.50 bits per heavy atom. The molecule has 0 heterocycles. The molecule has 0 saturated carbocycles.